The molecule has 2 aromatic carbocycles. The number of nitrogens with one attached hydrogen (secondary N) is 1. The second-order valence-electron chi connectivity index (χ2n) is 5.79. The first kappa shape index (κ1) is 18.8. The number of hydrogen-bond donors (Lipinski definition) is 2. The summed E-state index contributed by atoms with van der Waals surface area (Å²) in [7, 11) is 1.64. The maximum atomic E-state index is 12.4. The summed E-state index contributed by atoms with van der Waals surface area (Å²) in [5.41, 5.74) is 7.31. The summed E-state index contributed by atoms with van der Waals surface area (Å²) in [5, 5.41) is 2.94. The Hall–Kier alpha value is -2.53. The van der Waals surface area contributed by atoms with Crippen LogP contribution in [0.5, 0.6) is 11.5 Å². The lowest BCUT2D eigenvalue weighted by molar-refractivity contribution is -0.116. The zero-order valence-corrected chi connectivity index (χ0v) is 14.8. The van der Waals surface area contributed by atoms with Gasteiger partial charge in [0.2, 0.25) is 5.91 Å². The summed E-state index contributed by atoms with van der Waals surface area (Å²) in [6, 6.07) is 15.2. The molecule has 134 valence electrons. The first-order valence-corrected chi connectivity index (χ1v) is 8.53. The van der Waals surface area contributed by atoms with E-state index in [1.165, 1.54) is 0 Å². The van der Waals surface area contributed by atoms with E-state index in [0.717, 1.165) is 29.2 Å². The van der Waals surface area contributed by atoms with Crippen LogP contribution in [0.4, 0.5) is 5.69 Å². The van der Waals surface area contributed by atoms with Gasteiger partial charge in [-0.25, -0.2) is 0 Å². The SMILES string of the molecule is CCC(CC(=O)Nc1ccc(OCCN)cc1)c1ccc(OC)cc1. The minimum Gasteiger partial charge on any atom is -0.497 e. The van der Waals surface area contributed by atoms with Crippen molar-refractivity contribution in [1.82, 2.24) is 0 Å². The minimum absolute atomic E-state index is 0.00158. The Balaban J connectivity index is 1.92. The molecule has 2 rings (SSSR count). The van der Waals surface area contributed by atoms with Gasteiger partial charge in [0.1, 0.15) is 18.1 Å². The van der Waals surface area contributed by atoms with Crippen molar-refractivity contribution in [2.24, 2.45) is 5.73 Å². The van der Waals surface area contributed by atoms with Gasteiger partial charge in [-0.05, 0) is 54.3 Å². The average molecular weight is 342 g/mol. The smallest absolute Gasteiger partial charge is 0.224 e. The lowest BCUT2D eigenvalue weighted by Gasteiger charge is -2.16. The van der Waals surface area contributed by atoms with Crippen LogP contribution < -0.4 is 20.5 Å². The number of rotatable bonds is 9. The Morgan fingerprint density at radius 1 is 1.08 bits per heavy atom. The monoisotopic (exact) mass is 342 g/mol. The number of carbonyl (C=O) groups excluding carboxylic acids is 1. The first-order valence-electron chi connectivity index (χ1n) is 8.53. The second kappa shape index (κ2) is 9.69. The fourth-order valence-corrected chi connectivity index (χ4v) is 2.62. The standard InChI is InChI=1S/C20H26N2O3/c1-3-15(16-4-8-18(24-2)9-5-16)14-20(23)22-17-6-10-19(11-7-17)25-13-12-21/h4-11,15H,3,12-14,21H2,1-2H3,(H,22,23). The fraction of sp³-hybridized carbons (Fsp3) is 0.350. The highest BCUT2D eigenvalue weighted by molar-refractivity contribution is 5.91. The Kier molecular flexibility index (Phi) is 7.29. The molecule has 0 aliphatic heterocycles. The van der Waals surface area contributed by atoms with Crippen molar-refractivity contribution in [1.29, 1.82) is 0 Å². The van der Waals surface area contributed by atoms with Crippen molar-refractivity contribution < 1.29 is 14.3 Å². The van der Waals surface area contributed by atoms with Gasteiger partial charge in [0.15, 0.2) is 0 Å². The lowest BCUT2D eigenvalue weighted by Crippen LogP contribution is -2.15. The highest BCUT2D eigenvalue weighted by Crippen LogP contribution is 2.26. The third kappa shape index (κ3) is 5.80. The van der Waals surface area contributed by atoms with Gasteiger partial charge in [0.05, 0.1) is 7.11 Å². The molecule has 0 heterocycles. The summed E-state index contributed by atoms with van der Waals surface area (Å²) >= 11 is 0. The molecule has 3 N–H and O–H groups in total. The van der Waals surface area contributed by atoms with Gasteiger partial charge in [-0.1, -0.05) is 19.1 Å². The van der Waals surface area contributed by atoms with Crippen LogP contribution in [0.2, 0.25) is 0 Å². The minimum atomic E-state index is -0.00158. The van der Waals surface area contributed by atoms with Crippen LogP contribution in [0, 0.1) is 0 Å². The normalized spacial score (nSPS) is 11.6. The van der Waals surface area contributed by atoms with Gasteiger partial charge in [-0.2, -0.15) is 0 Å². The third-order valence-corrected chi connectivity index (χ3v) is 4.04. The van der Waals surface area contributed by atoms with Gasteiger partial charge < -0.3 is 20.5 Å². The van der Waals surface area contributed by atoms with Crippen LogP contribution in [0.25, 0.3) is 0 Å². The van der Waals surface area contributed by atoms with Crippen molar-refractivity contribution in [2.75, 3.05) is 25.6 Å². The van der Waals surface area contributed by atoms with E-state index in [1.807, 2.05) is 48.5 Å². The molecule has 2 aromatic rings. The third-order valence-electron chi connectivity index (χ3n) is 4.04. The summed E-state index contributed by atoms with van der Waals surface area (Å²) in [6.45, 7) is 3.04. The zero-order chi connectivity index (χ0) is 18.1. The maximum Gasteiger partial charge on any atom is 0.224 e. The molecule has 0 spiro atoms. The molecule has 0 aliphatic carbocycles. The molecule has 0 saturated carbocycles. The van der Waals surface area contributed by atoms with Crippen LogP contribution in [0.3, 0.4) is 0 Å². The molecular formula is C20H26N2O3. The first-order chi connectivity index (χ1) is 12.2. The van der Waals surface area contributed by atoms with Crippen LogP contribution >= 0.6 is 0 Å². The van der Waals surface area contributed by atoms with Crippen LogP contribution in [0.15, 0.2) is 48.5 Å². The number of amides is 1. The lowest BCUT2D eigenvalue weighted by atomic mass is 9.93. The maximum absolute atomic E-state index is 12.4. The molecule has 1 atom stereocenters. The molecule has 1 unspecified atom stereocenters. The number of benzene rings is 2. The van der Waals surface area contributed by atoms with E-state index >= 15 is 0 Å². The molecule has 1 amide bonds. The van der Waals surface area contributed by atoms with E-state index in [9.17, 15) is 4.79 Å². The molecule has 0 bridgehead atoms. The Labute approximate surface area is 149 Å². The average Bonchev–Trinajstić information content (AvgIpc) is 2.65. The molecular weight excluding hydrogens is 316 g/mol. The molecule has 0 fully saturated rings. The van der Waals surface area contributed by atoms with Crippen molar-refractivity contribution in [3.8, 4) is 11.5 Å². The predicted octanol–water partition coefficient (Wildman–Crippen LogP) is 3.56. The number of hydrogen-bond acceptors (Lipinski definition) is 4. The van der Waals surface area contributed by atoms with Gasteiger partial charge in [-0.15, -0.1) is 0 Å². The van der Waals surface area contributed by atoms with Crippen molar-refractivity contribution in [3.05, 3.63) is 54.1 Å². The van der Waals surface area contributed by atoms with E-state index in [1.54, 1.807) is 7.11 Å². The van der Waals surface area contributed by atoms with Crippen molar-refractivity contribution in [3.63, 3.8) is 0 Å². The highest BCUT2D eigenvalue weighted by atomic mass is 16.5. The van der Waals surface area contributed by atoms with E-state index < -0.39 is 0 Å². The largest absolute Gasteiger partial charge is 0.497 e. The number of ether oxygens (including phenoxy) is 2. The number of anilines is 1. The molecule has 0 radical (unpaired) electrons. The zero-order valence-electron chi connectivity index (χ0n) is 14.8. The van der Waals surface area contributed by atoms with E-state index in [4.69, 9.17) is 15.2 Å². The van der Waals surface area contributed by atoms with E-state index in [-0.39, 0.29) is 11.8 Å². The summed E-state index contributed by atoms with van der Waals surface area (Å²) in [5.74, 6) is 1.74. The van der Waals surface area contributed by atoms with Gasteiger partial charge in [-0.3, -0.25) is 4.79 Å². The molecule has 5 nitrogen and oxygen atoms in total. The predicted molar refractivity (Wildman–Crippen MR) is 100 cm³/mol. The van der Waals surface area contributed by atoms with Crippen LogP contribution in [0.1, 0.15) is 31.2 Å². The molecule has 25 heavy (non-hydrogen) atoms. The summed E-state index contributed by atoms with van der Waals surface area (Å²) < 4.78 is 10.6. The van der Waals surface area contributed by atoms with Crippen LogP contribution in [-0.2, 0) is 4.79 Å². The molecule has 0 aliphatic rings. The fourth-order valence-electron chi connectivity index (χ4n) is 2.62. The Morgan fingerprint density at radius 2 is 1.72 bits per heavy atom. The Morgan fingerprint density at radius 3 is 2.28 bits per heavy atom. The van der Waals surface area contributed by atoms with Crippen molar-refractivity contribution in [2.45, 2.75) is 25.7 Å². The quantitative estimate of drug-likeness (QED) is 0.731. The Bertz CT molecular complexity index is 654. The topological polar surface area (TPSA) is 73.6 Å². The van der Waals surface area contributed by atoms with Crippen molar-refractivity contribution >= 4 is 11.6 Å². The molecule has 5 heteroatoms. The van der Waals surface area contributed by atoms with Gasteiger partial charge in [0.25, 0.3) is 0 Å². The summed E-state index contributed by atoms with van der Waals surface area (Å²) in [6.07, 6.45) is 1.33. The van der Waals surface area contributed by atoms with E-state index in [2.05, 4.69) is 12.2 Å². The van der Waals surface area contributed by atoms with Gasteiger partial charge in [0, 0.05) is 18.7 Å². The van der Waals surface area contributed by atoms with Crippen LogP contribution in [-0.4, -0.2) is 26.2 Å². The number of carbonyl (C=O) groups is 1. The molecule has 0 saturated heterocycles. The number of nitrogens with two attached hydrogens (primary N) is 1. The highest BCUT2D eigenvalue weighted by Gasteiger charge is 2.14. The van der Waals surface area contributed by atoms with E-state index in [0.29, 0.717) is 19.6 Å². The second-order valence-corrected chi connectivity index (χ2v) is 5.79. The van der Waals surface area contributed by atoms with Gasteiger partial charge >= 0.3 is 0 Å². The molecule has 0 aromatic heterocycles. The number of methoxy groups -OCH3 is 1. The summed E-state index contributed by atoms with van der Waals surface area (Å²) in [4.78, 5) is 12.4.